The molecule has 1 saturated heterocycles. The van der Waals surface area contributed by atoms with Crippen molar-refractivity contribution in [1.29, 1.82) is 0 Å². The number of carbonyl (C=O) groups excluding carboxylic acids is 2. The number of carboxylic acids is 1. The first-order chi connectivity index (χ1) is 17.4. The van der Waals surface area contributed by atoms with Crippen molar-refractivity contribution in [3.8, 4) is 11.3 Å². The molecular formula is C26H21N3O5S2. The van der Waals surface area contributed by atoms with E-state index in [0.717, 1.165) is 10.5 Å². The third-order valence-corrected chi connectivity index (χ3v) is 8.13. The highest BCUT2D eigenvalue weighted by Crippen LogP contribution is 2.44. The average molecular weight is 520 g/mol. The van der Waals surface area contributed by atoms with E-state index in [4.69, 9.17) is 4.52 Å². The highest BCUT2D eigenvalue weighted by Gasteiger charge is 2.54. The van der Waals surface area contributed by atoms with E-state index in [0.29, 0.717) is 28.4 Å². The van der Waals surface area contributed by atoms with Gasteiger partial charge in [0.1, 0.15) is 22.8 Å². The Balaban J connectivity index is 1.30. The van der Waals surface area contributed by atoms with E-state index in [-0.39, 0.29) is 17.4 Å². The van der Waals surface area contributed by atoms with Gasteiger partial charge in [0.25, 0.3) is 5.91 Å². The minimum Gasteiger partial charge on any atom is -0.477 e. The number of rotatable bonds is 8. The van der Waals surface area contributed by atoms with Crippen LogP contribution in [0.15, 0.2) is 94.0 Å². The summed E-state index contributed by atoms with van der Waals surface area (Å²) in [5.74, 6) is -1.20. The van der Waals surface area contributed by atoms with Gasteiger partial charge in [0.15, 0.2) is 5.76 Å². The smallest absolute Gasteiger partial charge is 0.352 e. The molecule has 2 amide bonds. The number of nitrogens with zero attached hydrogens (tertiary/aromatic N) is 2. The van der Waals surface area contributed by atoms with Gasteiger partial charge >= 0.3 is 5.97 Å². The van der Waals surface area contributed by atoms with Crippen molar-refractivity contribution in [2.75, 3.05) is 11.5 Å². The van der Waals surface area contributed by atoms with E-state index in [1.165, 1.54) is 28.4 Å². The predicted molar refractivity (Wildman–Crippen MR) is 138 cm³/mol. The summed E-state index contributed by atoms with van der Waals surface area (Å²) in [6.07, 6.45) is 0. The zero-order valence-electron chi connectivity index (χ0n) is 18.9. The molecule has 3 heterocycles. The molecule has 2 aliphatic heterocycles. The molecule has 0 bridgehead atoms. The van der Waals surface area contributed by atoms with Gasteiger partial charge in [-0.05, 0) is 12.1 Å². The second-order valence-corrected chi connectivity index (χ2v) is 10.3. The highest BCUT2D eigenvalue weighted by atomic mass is 32.2. The maximum atomic E-state index is 12.9. The van der Waals surface area contributed by atoms with Crippen LogP contribution < -0.4 is 5.32 Å². The van der Waals surface area contributed by atoms with Gasteiger partial charge in [-0.2, -0.15) is 0 Å². The van der Waals surface area contributed by atoms with Crippen LogP contribution >= 0.6 is 23.5 Å². The Kier molecular flexibility index (Phi) is 6.71. The van der Waals surface area contributed by atoms with Crippen LogP contribution in [0.2, 0.25) is 0 Å². The minimum absolute atomic E-state index is 0.143. The molecule has 2 aliphatic rings. The Morgan fingerprint density at radius 2 is 1.86 bits per heavy atom. The van der Waals surface area contributed by atoms with Crippen molar-refractivity contribution in [3.63, 3.8) is 0 Å². The highest BCUT2D eigenvalue weighted by molar-refractivity contribution is 8.00. The van der Waals surface area contributed by atoms with Crippen LogP contribution in [0.25, 0.3) is 16.8 Å². The van der Waals surface area contributed by atoms with Gasteiger partial charge in [-0.1, -0.05) is 60.3 Å². The summed E-state index contributed by atoms with van der Waals surface area (Å²) >= 11 is 2.74. The fraction of sp³-hybridized carbons (Fsp3) is 0.154. The number of nitrogens with one attached hydrogen (secondary N) is 1. The number of aliphatic carboxylic acids is 1. The maximum absolute atomic E-state index is 12.9. The maximum Gasteiger partial charge on any atom is 0.352 e. The number of aromatic nitrogens is 1. The van der Waals surface area contributed by atoms with Gasteiger partial charge in [-0.25, -0.2) is 4.79 Å². The molecule has 0 saturated carbocycles. The zero-order valence-corrected chi connectivity index (χ0v) is 20.6. The third kappa shape index (κ3) is 4.57. The summed E-state index contributed by atoms with van der Waals surface area (Å²) < 4.78 is 5.46. The van der Waals surface area contributed by atoms with Crippen molar-refractivity contribution in [1.82, 2.24) is 15.4 Å². The number of allylic oxidation sites excluding steroid dienone is 1. The summed E-state index contributed by atoms with van der Waals surface area (Å²) in [6, 6.07) is 19.8. The molecule has 5 rings (SSSR count). The number of benzene rings is 2. The van der Waals surface area contributed by atoms with Gasteiger partial charge in [0.05, 0.1) is 5.75 Å². The Morgan fingerprint density at radius 1 is 1.17 bits per heavy atom. The fourth-order valence-corrected chi connectivity index (χ4v) is 6.16. The lowest BCUT2D eigenvalue weighted by atomic mass is 9.98. The summed E-state index contributed by atoms with van der Waals surface area (Å²) in [5.41, 5.74) is 2.05. The Hall–Kier alpha value is -3.76. The molecule has 36 heavy (non-hydrogen) atoms. The number of β-lactam (4-membered cyclic amide) rings is 1. The van der Waals surface area contributed by atoms with Crippen LogP contribution in [0, 0.1) is 0 Å². The largest absolute Gasteiger partial charge is 0.477 e. The Bertz CT molecular complexity index is 1370. The molecule has 0 aliphatic carbocycles. The molecule has 0 radical (unpaired) electrons. The van der Waals surface area contributed by atoms with Crippen LogP contribution in [-0.4, -0.2) is 55.9 Å². The van der Waals surface area contributed by atoms with Crippen LogP contribution in [0.5, 0.6) is 0 Å². The second-order valence-electron chi connectivity index (χ2n) is 8.11. The van der Waals surface area contributed by atoms with Gasteiger partial charge in [0.2, 0.25) is 5.91 Å². The minimum atomic E-state index is -1.24. The first kappa shape index (κ1) is 24.0. The Morgan fingerprint density at radius 3 is 2.56 bits per heavy atom. The van der Waals surface area contributed by atoms with E-state index < -0.39 is 23.3 Å². The molecule has 182 valence electrons. The molecular weight excluding hydrogens is 498 g/mol. The van der Waals surface area contributed by atoms with Crippen LogP contribution in [-0.2, 0) is 14.4 Å². The normalized spacial score (nSPS) is 18.9. The molecule has 2 atom stereocenters. The van der Waals surface area contributed by atoms with Crippen molar-refractivity contribution in [3.05, 3.63) is 90.3 Å². The van der Waals surface area contributed by atoms with Gasteiger partial charge in [-0.15, -0.1) is 23.5 Å². The van der Waals surface area contributed by atoms with Crippen molar-refractivity contribution in [2.45, 2.75) is 16.3 Å². The number of hydrogen-bond acceptors (Lipinski definition) is 7. The molecule has 3 aromatic rings. The van der Waals surface area contributed by atoms with Crippen LogP contribution in [0.4, 0.5) is 0 Å². The van der Waals surface area contributed by atoms with E-state index in [1.54, 1.807) is 6.07 Å². The lowest BCUT2D eigenvalue weighted by Gasteiger charge is -2.49. The fourth-order valence-electron chi connectivity index (χ4n) is 4.04. The van der Waals surface area contributed by atoms with Crippen LogP contribution in [0.1, 0.15) is 5.76 Å². The first-order valence-electron chi connectivity index (χ1n) is 11.0. The molecule has 0 spiro atoms. The van der Waals surface area contributed by atoms with E-state index >= 15 is 0 Å². The summed E-state index contributed by atoms with van der Waals surface area (Å²) in [6.45, 7) is 4.04. The molecule has 1 aromatic heterocycles. The van der Waals surface area contributed by atoms with Gasteiger partial charge in [-0.3, -0.25) is 14.5 Å². The van der Waals surface area contributed by atoms with Crippen molar-refractivity contribution in [2.24, 2.45) is 0 Å². The number of fused-ring (bicyclic) bond motifs is 1. The quantitative estimate of drug-likeness (QED) is 0.341. The lowest BCUT2D eigenvalue weighted by molar-refractivity contribution is -0.150. The summed E-state index contributed by atoms with van der Waals surface area (Å²) in [4.78, 5) is 39.8. The average Bonchev–Trinajstić information content (AvgIpc) is 3.40. The molecule has 8 nitrogen and oxygen atoms in total. The molecule has 2 aromatic carbocycles. The number of hydrogen-bond donors (Lipinski definition) is 2. The van der Waals surface area contributed by atoms with E-state index in [2.05, 4.69) is 17.1 Å². The number of amides is 2. The van der Waals surface area contributed by atoms with E-state index in [9.17, 15) is 19.5 Å². The Labute approximate surface area is 215 Å². The summed E-state index contributed by atoms with van der Waals surface area (Å²) in [5, 5.41) is 16.3. The first-order valence-corrected chi connectivity index (χ1v) is 13.1. The lowest BCUT2D eigenvalue weighted by Crippen LogP contribution is -2.70. The van der Waals surface area contributed by atoms with Gasteiger partial charge in [0, 0.05) is 33.4 Å². The number of carbonyl (C=O) groups is 3. The zero-order chi connectivity index (χ0) is 25.2. The second kappa shape index (κ2) is 10.1. The molecule has 0 unspecified atom stereocenters. The van der Waals surface area contributed by atoms with Gasteiger partial charge < -0.3 is 14.9 Å². The van der Waals surface area contributed by atoms with Crippen LogP contribution in [0.3, 0.4) is 0 Å². The van der Waals surface area contributed by atoms with Crippen molar-refractivity contribution < 1.29 is 24.0 Å². The predicted octanol–water partition coefficient (Wildman–Crippen LogP) is 3.89. The summed E-state index contributed by atoms with van der Waals surface area (Å²) in [7, 11) is 0. The third-order valence-electron chi connectivity index (χ3n) is 5.84. The van der Waals surface area contributed by atoms with Crippen molar-refractivity contribution >= 4 is 46.9 Å². The molecule has 10 heteroatoms. The molecule has 1 fully saturated rings. The number of carboxylic acid groups (broad SMARTS) is 1. The monoisotopic (exact) mass is 519 g/mol. The topological polar surface area (TPSA) is 113 Å². The number of thioether (sulfide) groups is 2. The van der Waals surface area contributed by atoms with E-state index in [1.807, 2.05) is 60.7 Å². The standard InChI is InChI=1S/C26H21N3O5S2/c1-15(20-12-19(28-34-20)16-8-4-2-5-9-16)18-13-36-25-22(24(31)29(25)23(18)26(32)33)27-21(30)14-35-17-10-6-3-7-11-17/h2-12,22,25H,1,13-14H2,(H,27,30)(H,32,33)/t22-,25-/m1/s1. The molecule has 2 N–H and O–H groups in total. The SMILES string of the molecule is C=C(C1=C(C(=O)O)N2C(=O)[C@@H](NC(=O)CSc3ccccc3)[C@H]2SC1)c1cc(-c2ccccc2)no1.